The number of hydrogen-bond acceptors (Lipinski definition) is 5. The number of primary amides is 1. The molecule has 0 fully saturated rings. The number of pyridine rings is 1. The van der Waals surface area contributed by atoms with E-state index in [-0.39, 0.29) is 11.3 Å². The summed E-state index contributed by atoms with van der Waals surface area (Å²) >= 11 is 0. The van der Waals surface area contributed by atoms with Crippen LogP contribution in [-0.2, 0) is 4.79 Å². The van der Waals surface area contributed by atoms with Gasteiger partial charge < -0.3 is 11.5 Å². The summed E-state index contributed by atoms with van der Waals surface area (Å²) in [6.45, 7) is 1.27. The average molecular weight is 298 g/mol. The first-order valence-corrected chi connectivity index (χ1v) is 6.36. The van der Waals surface area contributed by atoms with Gasteiger partial charge in [-0.25, -0.2) is 4.90 Å². The van der Waals surface area contributed by atoms with Crippen LogP contribution in [0.5, 0.6) is 0 Å². The van der Waals surface area contributed by atoms with Gasteiger partial charge in [-0.05, 0) is 30.3 Å². The number of benzene rings is 1. The van der Waals surface area contributed by atoms with Gasteiger partial charge in [-0.2, -0.15) is 0 Å². The molecule has 3 amide bonds. The van der Waals surface area contributed by atoms with Crippen molar-refractivity contribution >= 4 is 29.1 Å². The summed E-state index contributed by atoms with van der Waals surface area (Å²) in [5.41, 5.74) is 11.7. The summed E-state index contributed by atoms with van der Waals surface area (Å²) in [6, 6.07) is 9.12. The lowest BCUT2D eigenvalue weighted by atomic mass is 10.2. The third kappa shape index (κ3) is 3.09. The topological polar surface area (TPSA) is 119 Å². The second-order valence-corrected chi connectivity index (χ2v) is 4.55. The first-order chi connectivity index (χ1) is 10.4. The molecule has 1 aromatic heterocycles. The van der Waals surface area contributed by atoms with Gasteiger partial charge in [0.2, 0.25) is 5.91 Å². The summed E-state index contributed by atoms with van der Waals surface area (Å²) in [5, 5.41) is 0. The van der Waals surface area contributed by atoms with E-state index in [9.17, 15) is 14.4 Å². The molecular weight excluding hydrogens is 284 g/mol. The molecule has 1 aromatic carbocycles. The third-order valence-corrected chi connectivity index (χ3v) is 2.91. The highest BCUT2D eigenvalue weighted by Gasteiger charge is 2.22. The molecule has 4 N–H and O–H groups in total. The van der Waals surface area contributed by atoms with E-state index >= 15 is 0 Å². The van der Waals surface area contributed by atoms with Gasteiger partial charge in [-0.3, -0.25) is 19.4 Å². The Morgan fingerprint density at radius 3 is 2.36 bits per heavy atom. The van der Waals surface area contributed by atoms with Crippen molar-refractivity contribution in [2.75, 3.05) is 10.6 Å². The maximum Gasteiger partial charge on any atom is 0.267 e. The molecule has 7 heteroatoms. The standard InChI is InChI=1S/C15H14N4O3/c1-9(20)19(12-4-2-3-11(16)7-12)15(22)10-5-6-13(14(17)21)18-8-10/h2-8H,16H2,1H3,(H2,17,21). The molecule has 0 atom stereocenters. The molecule has 1 heterocycles. The molecule has 2 rings (SSSR count). The number of carbonyl (C=O) groups excluding carboxylic acids is 3. The second kappa shape index (κ2) is 6.04. The van der Waals surface area contributed by atoms with Gasteiger partial charge in [0.15, 0.2) is 0 Å². The molecular formula is C15H14N4O3. The molecule has 0 saturated heterocycles. The van der Waals surface area contributed by atoms with Gasteiger partial charge in [0.25, 0.3) is 11.8 Å². The van der Waals surface area contributed by atoms with Crippen LogP contribution in [0.1, 0.15) is 27.8 Å². The molecule has 0 bridgehead atoms. The minimum atomic E-state index is -0.696. The van der Waals surface area contributed by atoms with E-state index in [0.717, 1.165) is 4.90 Å². The lowest BCUT2D eigenvalue weighted by Gasteiger charge is -2.19. The Kier molecular flexibility index (Phi) is 4.17. The highest BCUT2D eigenvalue weighted by molar-refractivity contribution is 6.20. The largest absolute Gasteiger partial charge is 0.399 e. The van der Waals surface area contributed by atoms with Crippen molar-refractivity contribution in [3.05, 3.63) is 53.9 Å². The van der Waals surface area contributed by atoms with Crippen LogP contribution in [0.15, 0.2) is 42.6 Å². The zero-order valence-corrected chi connectivity index (χ0v) is 11.8. The van der Waals surface area contributed by atoms with Crippen LogP contribution in [0, 0.1) is 0 Å². The van der Waals surface area contributed by atoms with Crippen LogP contribution in [0.25, 0.3) is 0 Å². The normalized spacial score (nSPS) is 10.0. The first-order valence-electron chi connectivity index (χ1n) is 6.36. The molecule has 0 radical (unpaired) electrons. The predicted octanol–water partition coefficient (Wildman–Crippen LogP) is 0.956. The van der Waals surface area contributed by atoms with Crippen LogP contribution in [0.4, 0.5) is 11.4 Å². The van der Waals surface area contributed by atoms with Crippen molar-refractivity contribution in [1.82, 2.24) is 4.98 Å². The molecule has 7 nitrogen and oxygen atoms in total. The van der Waals surface area contributed by atoms with Crippen molar-refractivity contribution in [2.45, 2.75) is 6.92 Å². The van der Waals surface area contributed by atoms with E-state index in [2.05, 4.69) is 4.98 Å². The van der Waals surface area contributed by atoms with Gasteiger partial charge in [0, 0.05) is 18.8 Å². The van der Waals surface area contributed by atoms with Crippen LogP contribution >= 0.6 is 0 Å². The zero-order valence-electron chi connectivity index (χ0n) is 11.8. The molecule has 0 spiro atoms. The lowest BCUT2D eigenvalue weighted by Crippen LogP contribution is -2.35. The minimum absolute atomic E-state index is 0.0369. The number of amides is 3. The molecule has 2 aromatic rings. The first kappa shape index (κ1) is 15.2. The van der Waals surface area contributed by atoms with Gasteiger partial charge in [0.1, 0.15) is 5.69 Å². The molecule has 0 aliphatic carbocycles. The Morgan fingerprint density at radius 1 is 1.14 bits per heavy atom. The third-order valence-electron chi connectivity index (χ3n) is 2.91. The number of nitrogens with zero attached hydrogens (tertiary/aromatic N) is 2. The zero-order chi connectivity index (χ0) is 16.3. The number of nitrogens with two attached hydrogens (primary N) is 2. The smallest absolute Gasteiger partial charge is 0.267 e. The highest BCUT2D eigenvalue weighted by Crippen LogP contribution is 2.20. The maximum atomic E-state index is 12.5. The number of hydrogen-bond donors (Lipinski definition) is 2. The van der Waals surface area contributed by atoms with Gasteiger partial charge >= 0.3 is 0 Å². The fraction of sp³-hybridized carbons (Fsp3) is 0.0667. The minimum Gasteiger partial charge on any atom is -0.399 e. The van der Waals surface area contributed by atoms with Crippen molar-refractivity contribution < 1.29 is 14.4 Å². The van der Waals surface area contributed by atoms with Crippen molar-refractivity contribution in [2.24, 2.45) is 5.73 Å². The van der Waals surface area contributed by atoms with Crippen LogP contribution in [0.3, 0.4) is 0 Å². The van der Waals surface area contributed by atoms with Crippen LogP contribution in [-0.4, -0.2) is 22.7 Å². The van der Waals surface area contributed by atoms with E-state index in [1.807, 2.05) is 0 Å². The fourth-order valence-corrected chi connectivity index (χ4v) is 1.90. The fourth-order valence-electron chi connectivity index (χ4n) is 1.90. The number of imide groups is 1. The van der Waals surface area contributed by atoms with E-state index in [4.69, 9.17) is 11.5 Å². The average Bonchev–Trinajstić information content (AvgIpc) is 2.47. The quantitative estimate of drug-likeness (QED) is 0.818. The number of aromatic nitrogens is 1. The van der Waals surface area contributed by atoms with Crippen LogP contribution < -0.4 is 16.4 Å². The van der Waals surface area contributed by atoms with E-state index < -0.39 is 17.7 Å². The number of rotatable bonds is 3. The Balaban J connectivity index is 2.38. The highest BCUT2D eigenvalue weighted by atomic mass is 16.2. The summed E-state index contributed by atoms with van der Waals surface area (Å²) < 4.78 is 0. The van der Waals surface area contributed by atoms with Crippen molar-refractivity contribution in [3.8, 4) is 0 Å². The second-order valence-electron chi connectivity index (χ2n) is 4.55. The monoisotopic (exact) mass is 298 g/mol. The SMILES string of the molecule is CC(=O)N(C(=O)c1ccc(C(N)=O)nc1)c1cccc(N)c1. The Bertz CT molecular complexity index is 741. The Hall–Kier alpha value is -3.22. The molecule has 0 aliphatic rings. The maximum absolute atomic E-state index is 12.5. The molecule has 22 heavy (non-hydrogen) atoms. The summed E-state index contributed by atoms with van der Waals surface area (Å²) in [4.78, 5) is 40.1. The van der Waals surface area contributed by atoms with E-state index in [1.165, 1.54) is 31.3 Å². The molecule has 0 unspecified atom stereocenters. The molecule has 112 valence electrons. The Labute approximate surface area is 126 Å². The summed E-state index contributed by atoms with van der Waals surface area (Å²) in [7, 11) is 0. The Morgan fingerprint density at radius 2 is 1.86 bits per heavy atom. The lowest BCUT2D eigenvalue weighted by molar-refractivity contribution is -0.115. The van der Waals surface area contributed by atoms with Gasteiger partial charge in [-0.1, -0.05) is 6.07 Å². The van der Waals surface area contributed by atoms with Crippen molar-refractivity contribution in [1.29, 1.82) is 0 Å². The summed E-state index contributed by atoms with van der Waals surface area (Å²) in [5.74, 6) is -1.73. The van der Waals surface area contributed by atoms with Gasteiger partial charge in [-0.15, -0.1) is 0 Å². The number of carbonyl (C=O) groups is 3. The van der Waals surface area contributed by atoms with Crippen LogP contribution in [0.2, 0.25) is 0 Å². The molecule has 0 aliphatic heterocycles. The molecule has 0 saturated carbocycles. The van der Waals surface area contributed by atoms with Gasteiger partial charge in [0.05, 0.1) is 11.3 Å². The van der Waals surface area contributed by atoms with E-state index in [0.29, 0.717) is 11.4 Å². The number of anilines is 2. The van der Waals surface area contributed by atoms with Crippen molar-refractivity contribution in [3.63, 3.8) is 0 Å². The predicted molar refractivity (Wildman–Crippen MR) is 81.1 cm³/mol. The number of nitrogen functional groups attached to an aromatic ring is 1. The summed E-state index contributed by atoms with van der Waals surface area (Å²) in [6.07, 6.45) is 1.20. The van der Waals surface area contributed by atoms with E-state index in [1.54, 1.807) is 18.2 Å².